The number of aromatic nitrogens is 1. The molecule has 1 heterocycles. The fourth-order valence-electron chi connectivity index (χ4n) is 1.35. The van der Waals surface area contributed by atoms with Crippen molar-refractivity contribution in [1.29, 1.82) is 0 Å². The fraction of sp³-hybridized carbons (Fsp3) is 0.600. The molecule has 1 rings (SSSR count). The molecule has 90 valence electrons. The van der Waals surface area contributed by atoms with Crippen molar-refractivity contribution in [3.63, 3.8) is 0 Å². The van der Waals surface area contributed by atoms with E-state index in [1.165, 1.54) is 11.5 Å². The summed E-state index contributed by atoms with van der Waals surface area (Å²) in [6.45, 7) is 4.20. The van der Waals surface area contributed by atoms with Crippen LogP contribution in [0.15, 0.2) is 0 Å². The van der Waals surface area contributed by atoms with Crippen LogP contribution in [0.1, 0.15) is 30.6 Å². The number of nitrogen functional groups attached to an aromatic ring is 1. The van der Waals surface area contributed by atoms with Crippen molar-refractivity contribution in [2.45, 2.75) is 26.3 Å². The van der Waals surface area contributed by atoms with Gasteiger partial charge in [0.2, 0.25) is 0 Å². The molecule has 1 aromatic heterocycles. The van der Waals surface area contributed by atoms with Gasteiger partial charge in [-0.15, -0.1) is 0 Å². The van der Waals surface area contributed by atoms with Crippen molar-refractivity contribution < 1.29 is 4.79 Å². The molecule has 3 N–H and O–H groups in total. The number of amides is 1. The fourth-order valence-corrected chi connectivity index (χ4v) is 2.22. The summed E-state index contributed by atoms with van der Waals surface area (Å²) in [6.07, 6.45) is 1.00. The first-order valence-corrected chi connectivity index (χ1v) is 6.00. The number of carbonyl (C=O) groups is 1. The molecule has 0 bridgehead atoms. The Hall–Kier alpha value is -1.30. The molecule has 6 heteroatoms. The molecule has 0 spiro atoms. The number of anilines is 2. The number of hydrogen-bond donors (Lipinski definition) is 2. The summed E-state index contributed by atoms with van der Waals surface area (Å²) in [5, 5.41) is 3.41. The largest absolute Gasteiger partial charge is 0.382 e. The van der Waals surface area contributed by atoms with Gasteiger partial charge in [0, 0.05) is 20.1 Å². The summed E-state index contributed by atoms with van der Waals surface area (Å²) in [6, 6.07) is 0.350. The second-order valence-corrected chi connectivity index (χ2v) is 4.45. The van der Waals surface area contributed by atoms with Gasteiger partial charge in [0.15, 0.2) is 5.82 Å². The minimum absolute atomic E-state index is 0.184. The van der Waals surface area contributed by atoms with Crippen LogP contribution in [0.25, 0.3) is 0 Å². The molecule has 0 aliphatic heterocycles. The average Bonchev–Trinajstić information content (AvgIpc) is 2.68. The lowest BCUT2D eigenvalue weighted by molar-refractivity contribution is 0.0964. The zero-order chi connectivity index (χ0) is 12.3. The monoisotopic (exact) mass is 242 g/mol. The number of nitrogens with zero attached hydrogens (tertiary/aromatic N) is 2. The average molecular weight is 242 g/mol. The lowest BCUT2D eigenvalue weighted by Gasteiger charge is -2.24. The third-order valence-electron chi connectivity index (χ3n) is 2.73. The summed E-state index contributed by atoms with van der Waals surface area (Å²) in [5.74, 6) is 0.117. The van der Waals surface area contributed by atoms with Gasteiger partial charge in [-0.25, -0.2) is 0 Å². The molecule has 0 saturated heterocycles. The normalized spacial score (nSPS) is 12.2. The summed E-state index contributed by atoms with van der Waals surface area (Å²) in [7, 11) is 3.54. The van der Waals surface area contributed by atoms with E-state index < -0.39 is 0 Å². The molecule has 1 atom stereocenters. The molecular weight excluding hydrogens is 224 g/mol. The molecule has 1 aromatic rings. The first kappa shape index (κ1) is 12.8. The number of nitrogens with one attached hydrogen (secondary N) is 1. The molecule has 0 aliphatic rings. The molecule has 5 nitrogen and oxygen atoms in total. The van der Waals surface area contributed by atoms with E-state index in [0.29, 0.717) is 17.4 Å². The molecule has 0 aromatic carbocycles. The molecule has 0 fully saturated rings. The Morgan fingerprint density at radius 2 is 2.31 bits per heavy atom. The molecule has 1 unspecified atom stereocenters. The van der Waals surface area contributed by atoms with Crippen LogP contribution in [0.3, 0.4) is 0 Å². The van der Waals surface area contributed by atoms with E-state index in [1.807, 2.05) is 11.9 Å². The highest BCUT2D eigenvalue weighted by atomic mass is 32.1. The summed E-state index contributed by atoms with van der Waals surface area (Å²) >= 11 is 1.26. The molecule has 0 radical (unpaired) electrons. The maximum Gasteiger partial charge on any atom is 0.257 e. The van der Waals surface area contributed by atoms with E-state index in [-0.39, 0.29) is 5.91 Å². The molecule has 1 amide bonds. The van der Waals surface area contributed by atoms with Gasteiger partial charge in [0.05, 0.1) is 0 Å². The van der Waals surface area contributed by atoms with Gasteiger partial charge in [0.25, 0.3) is 5.91 Å². The van der Waals surface area contributed by atoms with Crippen LogP contribution in [-0.4, -0.2) is 30.4 Å². The lowest BCUT2D eigenvalue weighted by atomic mass is 10.2. The first-order chi connectivity index (χ1) is 7.52. The van der Waals surface area contributed by atoms with Crippen molar-refractivity contribution >= 4 is 28.3 Å². The minimum Gasteiger partial charge on any atom is -0.382 e. The Kier molecular flexibility index (Phi) is 4.12. The molecular formula is C10H18N4OS. The Morgan fingerprint density at radius 1 is 1.69 bits per heavy atom. The van der Waals surface area contributed by atoms with Crippen molar-refractivity contribution in [2.24, 2.45) is 0 Å². The standard InChI is InChI=1S/C10H18N4OS/c1-5-6(2)14(4)10-7(9(15)12-3)8(11)13-16-10/h6H,5H2,1-4H3,(H2,11,13)(H,12,15). The third kappa shape index (κ3) is 2.27. The van der Waals surface area contributed by atoms with E-state index >= 15 is 0 Å². The van der Waals surface area contributed by atoms with E-state index in [0.717, 1.165) is 11.4 Å². The van der Waals surface area contributed by atoms with Crippen LogP contribution in [0.2, 0.25) is 0 Å². The second-order valence-electron chi connectivity index (χ2n) is 3.70. The zero-order valence-corrected chi connectivity index (χ0v) is 10.9. The van der Waals surface area contributed by atoms with E-state index in [2.05, 4.69) is 23.5 Å². The second kappa shape index (κ2) is 5.16. The number of carbonyl (C=O) groups excluding carboxylic acids is 1. The Bertz CT molecular complexity index is 377. The zero-order valence-electron chi connectivity index (χ0n) is 10.1. The topological polar surface area (TPSA) is 71.2 Å². The van der Waals surface area contributed by atoms with Gasteiger partial charge in [-0.05, 0) is 24.9 Å². The van der Waals surface area contributed by atoms with Crippen LogP contribution in [0.5, 0.6) is 0 Å². The van der Waals surface area contributed by atoms with Crippen LogP contribution < -0.4 is 16.0 Å². The van der Waals surface area contributed by atoms with Crippen LogP contribution >= 0.6 is 11.5 Å². The molecule has 0 saturated carbocycles. The summed E-state index contributed by atoms with van der Waals surface area (Å²) < 4.78 is 4.04. The Labute approximate surface area is 99.8 Å². The lowest BCUT2D eigenvalue weighted by Crippen LogP contribution is -2.30. The SMILES string of the molecule is CCC(C)N(C)c1snc(N)c1C(=O)NC. The number of rotatable bonds is 4. The number of nitrogens with two attached hydrogens (primary N) is 1. The van der Waals surface area contributed by atoms with Gasteiger partial charge >= 0.3 is 0 Å². The summed E-state index contributed by atoms with van der Waals surface area (Å²) in [5.41, 5.74) is 6.19. The van der Waals surface area contributed by atoms with Crippen molar-refractivity contribution in [1.82, 2.24) is 9.69 Å². The van der Waals surface area contributed by atoms with Crippen LogP contribution in [0, 0.1) is 0 Å². The maximum absolute atomic E-state index is 11.7. The van der Waals surface area contributed by atoms with E-state index in [1.54, 1.807) is 7.05 Å². The Morgan fingerprint density at radius 3 is 2.81 bits per heavy atom. The predicted octanol–water partition coefficient (Wildman–Crippen LogP) is 1.32. The van der Waals surface area contributed by atoms with Crippen LogP contribution in [0.4, 0.5) is 10.8 Å². The summed E-state index contributed by atoms with van der Waals surface area (Å²) in [4.78, 5) is 13.7. The molecule has 0 aliphatic carbocycles. The van der Waals surface area contributed by atoms with Crippen molar-refractivity contribution in [3.05, 3.63) is 5.56 Å². The van der Waals surface area contributed by atoms with Crippen molar-refractivity contribution in [3.8, 4) is 0 Å². The maximum atomic E-state index is 11.7. The van der Waals surface area contributed by atoms with Gasteiger partial charge in [-0.2, -0.15) is 4.37 Å². The van der Waals surface area contributed by atoms with E-state index in [4.69, 9.17) is 5.73 Å². The highest BCUT2D eigenvalue weighted by Gasteiger charge is 2.22. The van der Waals surface area contributed by atoms with Crippen LogP contribution in [-0.2, 0) is 0 Å². The smallest absolute Gasteiger partial charge is 0.257 e. The highest BCUT2D eigenvalue weighted by Crippen LogP contribution is 2.31. The first-order valence-electron chi connectivity index (χ1n) is 5.22. The molecule has 16 heavy (non-hydrogen) atoms. The van der Waals surface area contributed by atoms with E-state index in [9.17, 15) is 4.79 Å². The highest BCUT2D eigenvalue weighted by molar-refractivity contribution is 7.11. The van der Waals surface area contributed by atoms with Gasteiger partial charge in [-0.3, -0.25) is 4.79 Å². The van der Waals surface area contributed by atoms with Gasteiger partial charge < -0.3 is 16.0 Å². The van der Waals surface area contributed by atoms with Crippen molar-refractivity contribution in [2.75, 3.05) is 24.7 Å². The number of hydrogen-bond acceptors (Lipinski definition) is 5. The predicted molar refractivity (Wildman–Crippen MR) is 68.1 cm³/mol. The Balaban J connectivity index is 3.09. The quantitative estimate of drug-likeness (QED) is 0.835. The minimum atomic E-state index is -0.184. The van der Waals surface area contributed by atoms with Gasteiger partial charge in [-0.1, -0.05) is 6.92 Å². The van der Waals surface area contributed by atoms with Gasteiger partial charge in [0.1, 0.15) is 10.6 Å². The third-order valence-corrected chi connectivity index (χ3v) is 3.68.